The molecule has 0 fully saturated rings. The molecule has 0 saturated heterocycles. The Hall–Kier alpha value is -2.78. The molecular formula is C17H21F3N2O5. The number of amides is 2. The number of carbonyl (C=O) groups excluding carboxylic acids is 3. The number of nitrogens with one attached hydrogen (secondary N) is 2. The van der Waals surface area contributed by atoms with Gasteiger partial charge in [-0.15, -0.1) is 0 Å². The van der Waals surface area contributed by atoms with Crippen LogP contribution in [0.4, 0.5) is 13.2 Å². The highest BCUT2D eigenvalue weighted by atomic mass is 19.4. The van der Waals surface area contributed by atoms with E-state index in [1.807, 2.05) is 6.92 Å². The van der Waals surface area contributed by atoms with E-state index in [-0.39, 0.29) is 5.56 Å². The lowest BCUT2D eigenvalue weighted by atomic mass is 10.2. The van der Waals surface area contributed by atoms with E-state index < -0.39 is 43.7 Å². The highest BCUT2D eigenvalue weighted by Crippen LogP contribution is 2.13. The van der Waals surface area contributed by atoms with Crippen LogP contribution in [0.25, 0.3) is 0 Å². The minimum atomic E-state index is -4.55. The quantitative estimate of drug-likeness (QED) is 0.470. The van der Waals surface area contributed by atoms with Gasteiger partial charge in [0.2, 0.25) is 0 Å². The van der Waals surface area contributed by atoms with Crippen molar-refractivity contribution in [2.24, 2.45) is 0 Å². The number of hydrogen-bond donors (Lipinski definition) is 2. The molecule has 0 heterocycles. The summed E-state index contributed by atoms with van der Waals surface area (Å²) >= 11 is 0. The van der Waals surface area contributed by atoms with Crippen molar-refractivity contribution in [1.29, 1.82) is 0 Å². The molecule has 0 aliphatic rings. The predicted molar refractivity (Wildman–Crippen MR) is 89.2 cm³/mol. The van der Waals surface area contributed by atoms with Crippen molar-refractivity contribution in [3.8, 4) is 5.75 Å². The van der Waals surface area contributed by atoms with Crippen LogP contribution in [0.15, 0.2) is 24.3 Å². The van der Waals surface area contributed by atoms with Crippen molar-refractivity contribution in [1.82, 2.24) is 10.6 Å². The lowest BCUT2D eigenvalue weighted by molar-refractivity contribution is -0.150. The van der Waals surface area contributed by atoms with E-state index in [1.54, 1.807) is 17.4 Å². The van der Waals surface area contributed by atoms with Gasteiger partial charge < -0.3 is 20.1 Å². The van der Waals surface area contributed by atoms with E-state index >= 15 is 0 Å². The zero-order chi connectivity index (χ0) is 20.3. The van der Waals surface area contributed by atoms with E-state index in [1.165, 1.54) is 12.1 Å². The second kappa shape index (κ2) is 11.0. The molecule has 150 valence electrons. The number of ether oxygens (including phenoxy) is 2. The molecule has 27 heavy (non-hydrogen) atoms. The molecule has 0 unspecified atom stereocenters. The molecule has 0 aromatic heterocycles. The molecule has 2 amide bonds. The largest absolute Gasteiger partial charge is 0.494 e. The first-order valence-electron chi connectivity index (χ1n) is 8.21. The first kappa shape index (κ1) is 22.3. The van der Waals surface area contributed by atoms with E-state index in [2.05, 4.69) is 10.1 Å². The Labute approximate surface area is 154 Å². The molecule has 0 atom stereocenters. The number of rotatable bonds is 10. The molecule has 0 saturated carbocycles. The molecule has 0 spiro atoms. The van der Waals surface area contributed by atoms with Crippen LogP contribution in [0.5, 0.6) is 5.75 Å². The SMILES string of the molecule is CCCCOc1ccc(C(=O)NCC(=O)OCC(=O)NCC(F)(F)F)cc1. The zero-order valence-corrected chi connectivity index (χ0v) is 14.7. The van der Waals surface area contributed by atoms with Gasteiger partial charge in [0.25, 0.3) is 11.8 Å². The van der Waals surface area contributed by atoms with Crippen molar-refractivity contribution in [3.63, 3.8) is 0 Å². The fraction of sp³-hybridized carbons (Fsp3) is 0.471. The Bertz CT molecular complexity index is 632. The zero-order valence-electron chi connectivity index (χ0n) is 14.7. The molecule has 0 aliphatic heterocycles. The predicted octanol–water partition coefficient (Wildman–Crippen LogP) is 1.82. The topological polar surface area (TPSA) is 93.7 Å². The number of benzene rings is 1. The van der Waals surface area contributed by atoms with Gasteiger partial charge >= 0.3 is 12.1 Å². The Morgan fingerprint density at radius 3 is 2.33 bits per heavy atom. The standard InChI is InChI=1S/C17H21F3N2O5/c1-2-3-8-26-13-6-4-12(5-7-13)16(25)21-9-15(24)27-10-14(23)22-11-17(18,19)20/h4-7H,2-3,8-11H2,1H3,(H,21,25)(H,22,23). The smallest absolute Gasteiger partial charge is 0.405 e. The minimum absolute atomic E-state index is 0.286. The van der Waals surface area contributed by atoms with Crippen molar-refractivity contribution in [3.05, 3.63) is 29.8 Å². The summed E-state index contributed by atoms with van der Waals surface area (Å²) < 4.78 is 45.7. The Balaban J connectivity index is 2.30. The monoisotopic (exact) mass is 390 g/mol. The molecule has 7 nitrogen and oxygen atoms in total. The maximum atomic E-state index is 11.9. The summed E-state index contributed by atoms with van der Waals surface area (Å²) in [5.74, 6) is -1.98. The van der Waals surface area contributed by atoms with Crippen molar-refractivity contribution in [2.45, 2.75) is 25.9 Å². The summed E-state index contributed by atoms with van der Waals surface area (Å²) in [7, 11) is 0. The second-order valence-corrected chi connectivity index (χ2v) is 5.46. The third-order valence-electron chi connectivity index (χ3n) is 3.13. The average molecular weight is 390 g/mol. The van der Waals surface area contributed by atoms with Crippen molar-refractivity contribution < 1.29 is 37.0 Å². The summed E-state index contributed by atoms with van der Waals surface area (Å²) in [4.78, 5) is 34.4. The van der Waals surface area contributed by atoms with Crippen LogP contribution < -0.4 is 15.4 Å². The normalized spacial score (nSPS) is 10.8. The van der Waals surface area contributed by atoms with Crippen LogP contribution >= 0.6 is 0 Å². The van der Waals surface area contributed by atoms with Crippen molar-refractivity contribution >= 4 is 17.8 Å². The maximum absolute atomic E-state index is 11.9. The molecule has 0 radical (unpaired) electrons. The number of esters is 1. The summed E-state index contributed by atoms with van der Waals surface area (Å²) in [6.45, 7) is -0.297. The van der Waals surface area contributed by atoms with Crippen LogP contribution in [0, 0.1) is 0 Å². The van der Waals surface area contributed by atoms with Gasteiger partial charge in [-0.05, 0) is 30.7 Å². The molecule has 1 aromatic carbocycles. The number of hydrogen-bond acceptors (Lipinski definition) is 5. The first-order valence-corrected chi connectivity index (χ1v) is 8.21. The third kappa shape index (κ3) is 10.1. The summed E-state index contributed by atoms with van der Waals surface area (Å²) in [6, 6.07) is 6.28. The number of carbonyl (C=O) groups is 3. The van der Waals surface area contributed by atoms with Gasteiger partial charge in [-0.1, -0.05) is 13.3 Å². The lowest BCUT2D eigenvalue weighted by Crippen LogP contribution is -2.37. The summed E-state index contributed by atoms with van der Waals surface area (Å²) in [6.07, 6.45) is -2.64. The van der Waals surface area contributed by atoms with Crippen LogP contribution in [0.2, 0.25) is 0 Å². The molecule has 0 bridgehead atoms. The van der Waals surface area contributed by atoms with E-state index in [4.69, 9.17) is 4.74 Å². The van der Waals surface area contributed by atoms with Gasteiger partial charge in [0.15, 0.2) is 6.61 Å². The fourth-order valence-electron chi connectivity index (χ4n) is 1.74. The fourth-order valence-corrected chi connectivity index (χ4v) is 1.74. The first-order chi connectivity index (χ1) is 12.7. The van der Waals surface area contributed by atoms with Gasteiger partial charge in [0.1, 0.15) is 18.8 Å². The van der Waals surface area contributed by atoms with Gasteiger partial charge in [0, 0.05) is 5.56 Å². The van der Waals surface area contributed by atoms with E-state index in [0.29, 0.717) is 12.4 Å². The molecule has 1 aromatic rings. The van der Waals surface area contributed by atoms with E-state index in [9.17, 15) is 27.6 Å². The molecule has 2 N–H and O–H groups in total. The Morgan fingerprint density at radius 1 is 1.07 bits per heavy atom. The Kier molecular flexibility index (Phi) is 9.11. The summed E-state index contributed by atoms with van der Waals surface area (Å²) in [5.41, 5.74) is 0.286. The Morgan fingerprint density at radius 2 is 1.74 bits per heavy atom. The average Bonchev–Trinajstić information content (AvgIpc) is 2.63. The lowest BCUT2D eigenvalue weighted by Gasteiger charge is -2.09. The third-order valence-corrected chi connectivity index (χ3v) is 3.13. The second-order valence-electron chi connectivity index (χ2n) is 5.46. The minimum Gasteiger partial charge on any atom is -0.494 e. The van der Waals surface area contributed by atoms with Gasteiger partial charge in [-0.3, -0.25) is 14.4 Å². The molecule has 1 rings (SSSR count). The van der Waals surface area contributed by atoms with Gasteiger partial charge in [-0.2, -0.15) is 13.2 Å². The molecular weight excluding hydrogens is 369 g/mol. The number of alkyl halides is 3. The molecule has 10 heteroatoms. The maximum Gasteiger partial charge on any atom is 0.405 e. The highest BCUT2D eigenvalue weighted by molar-refractivity contribution is 5.96. The van der Waals surface area contributed by atoms with Crippen LogP contribution in [0.1, 0.15) is 30.1 Å². The van der Waals surface area contributed by atoms with Crippen LogP contribution in [-0.2, 0) is 14.3 Å². The highest BCUT2D eigenvalue weighted by Gasteiger charge is 2.27. The number of unbranched alkanes of at least 4 members (excludes halogenated alkanes) is 1. The number of halogens is 3. The van der Waals surface area contributed by atoms with Crippen LogP contribution in [0.3, 0.4) is 0 Å². The van der Waals surface area contributed by atoms with Crippen molar-refractivity contribution in [2.75, 3.05) is 26.3 Å². The van der Waals surface area contributed by atoms with Gasteiger partial charge in [0.05, 0.1) is 6.61 Å². The van der Waals surface area contributed by atoms with Gasteiger partial charge in [-0.25, -0.2) is 0 Å². The van der Waals surface area contributed by atoms with E-state index in [0.717, 1.165) is 12.8 Å². The summed E-state index contributed by atoms with van der Waals surface area (Å²) in [5, 5.41) is 3.84. The molecule has 0 aliphatic carbocycles. The van der Waals surface area contributed by atoms with Crippen LogP contribution in [-0.4, -0.2) is 50.3 Å².